The number of aliphatic hydroxyl groups is 1. The smallest absolute Gasteiger partial charge is 0.0897 e. The van der Waals surface area contributed by atoms with Gasteiger partial charge in [-0.15, -0.1) is 11.3 Å². The molecule has 114 valence electrons. The lowest BCUT2D eigenvalue weighted by Gasteiger charge is -2.27. The zero-order valence-corrected chi connectivity index (χ0v) is 13.2. The van der Waals surface area contributed by atoms with E-state index < -0.39 is 6.10 Å². The lowest BCUT2D eigenvalue weighted by atomic mass is 9.89. The summed E-state index contributed by atoms with van der Waals surface area (Å²) < 4.78 is 5.81. The summed E-state index contributed by atoms with van der Waals surface area (Å²) in [5.41, 5.74) is 0. The number of nitrogens with one attached hydrogen (secondary N) is 1. The zero-order valence-electron chi connectivity index (χ0n) is 12.4. The topological polar surface area (TPSA) is 41.5 Å². The second kappa shape index (κ2) is 8.78. The van der Waals surface area contributed by atoms with Crippen LogP contribution in [-0.2, 0) is 11.2 Å². The van der Waals surface area contributed by atoms with Crippen LogP contribution < -0.4 is 5.32 Å². The van der Waals surface area contributed by atoms with Crippen molar-refractivity contribution in [3.8, 4) is 0 Å². The van der Waals surface area contributed by atoms with E-state index in [-0.39, 0.29) is 0 Å². The van der Waals surface area contributed by atoms with E-state index in [0.717, 1.165) is 31.7 Å². The molecule has 1 unspecified atom stereocenters. The molecular formula is C16H27NO2S. The first-order valence-electron chi connectivity index (χ1n) is 7.77. The molecule has 1 heterocycles. The molecule has 1 aromatic heterocycles. The van der Waals surface area contributed by atoms with Crippen molar-refractivity contribution in [3.05, 3.63) is 22.4 Å². The Morgan fingerprint density at radius 3 is 2.90 bits per heavy atom. The van der Waals surface area contributed by atoms with E-state index in [9.17, 15) is 5.11 Å². The van der Waals surface area contributed by atoms with E-state index in [2.05, 4.69) is 29.8 Å². The summed E-state index contributed by atoms with van der Waals surface area (Å²) in [6.07, 6.45) is 5.84. The lowest BCUT2D eigenvalue weighted by Crippen LogP contribution is -2.33. The average molecular weight is 297 g/mol. The van der Waals surface area contributed by atoms with Gasteiger partial charge >= 0.3 is 0 Å². The van der Waals surface area contributed by atoms with Crippen LogP contribution in [0.2, 0.25) is 0 Å². The second-order valence-electron chi connectivity index (χ2n) is 5.90. The molecule has 2 N–H and O–H groups in total. The van der Waals surface area contributed by atoms with Crippen molar-refractivity contribution in [2.45, 2.75) is 51.2 Å². The van der Waals surface area contributed by atoms with Crippen LogP contribution in [0.15, 0.2) is 17.5 Å². The van der Waals surface area contributed by atoms with Crippen LogP contribution in [0.3, 0.4) is 0 Å². The molecule has 0 spiro atoms. The first-order chi connectivity index (χ1) is 9.74. The van der Waals surface area contributed by atoms with E-state index >= 15 is 0 Å². The van der Waals surface area contributed by atoms with E-state index in [0.29, 0.717) is 19.3 Å². The molecule has 0 aromatic carbocycles. The van der Waals surface area contributed by atoms with Crippen LogP contribution in [0.5, 0.6) is 0 Å². The highest BCUT2D eigenvalue weighted by Crippen LogP contribution is 2.25. The Kier molecular flexibility index (Phi) is 7.00. The molecule has 0 amide bonds. The van der Waals surface area contributed by atoms with Crippen LogP contribution in [0.25, 0.3) is 0 Å². The van der Waals surface area contributed by atoms with Crippen molar-refractivity contribution in [2.75, 3.05) is 19.7 Å². The molecule has 1 fully saturated rings. The Hall–Kier alpha value is -0.420. The van der Waals surface area contributed by atoms with E-state index in [1.54, 1.807) is 11.3 Å². The van der Waals surface area contributed by atoms with Crippen LogP contribution in [0.1, 0.15) is 37.5 Å². The molecular weight excluding hydrogens is 270 g/mol. The van der Waals surface area contributed by atoms with Crippen molar-refractivity contribution in [1.82, 2.24) is 5.32 Å². The molecule has 1 aliphatic rings. The third kappa shape index (κ3) is 5.92. The fraction of sp³-hybridized carbons (Fsp3) is 0.750. The van der Waals surface area contributed by atoms with Gasteiger partial charge in [-0.05, 0) is 49.5 Å². The molecule has 0 radical (unpaired) electrons. The summed E-state index contributed by atoms with van der Waals surface area (Å²) >= 11 is 1.78. The highest BCUT2D eigenvalue weighted by molar-refractivity contribution is 7.09. The molecule has 0 bridgehead atoms. The number of thiophene rings is 1. The Morgan fingerprint density at radius 1 is 1.40 bits per heavy atom. The number of aliphatic hydroxyl groups excluding tert-OH is 1. The number of hydrogen-bond donors (Lipinski definition) is 2. The van der Waals surface area contributed by atoms with Gasteiger partial charge in [0.05, 0.1) is 18.8 Å². The average Bonchev–Trinajstić information content (AvgIpc) is 2.96. The van der Waals surface area contributed by atoms with E-state index in [1.165, 1.54) is 17.7 Å². The van der Waals surface area contributed by atoms with Crippen LogP contribution in [0, 0.1) is 5.92 Å². The Labute approximate surface area is 126 Å². The van der Waals surface area contributed by atoms with Crippen molar-refractivity contribution < 1.29 is 9.84 Å². The van der Waals surface area contributed by atoms with Gasteiger partial charge in [-0.2, -0.15) is 0 Å². The first-order valence-corrected chi connectivity index (χ1v) is 8.64. The van der Waals surface area contributed by atoms with Gasteiger partial charge in [0.2, 0.25) is 0 Å². The van der Waals surface area contributed by atoms with Crippen molar-refractivity contribution >= 4 is 11.3 Å². The van der Waals surface area contributed by atoms with Gasteiger partial charge in [-0.1, -0.05) is 13.0 Å². The fourth-order valence-corrected chi connectivity index (χ4v) is 3.35. The molecule has 0 saturated heterocycles. The minimum absolute atomic E-state index is 0.368. The Morgan fingerprint density at radius 2 is 2.20 bits per heavy atom. The minimum Gasteiger partial charge on any atom is -0.389 e. The lowest BCUT2D eigenvalue weighted by molar-refractivity contribution is -0.0277. The molecule has 1 aliphatic carbocycles. The van der Waals surface area contributed by atoms with Crippen molar-refractivity contribution in [3.63, 3.8) is 0 Å². The standard InChI is InChI=1S/C16H27NO2S/c1-13-4-6-15(7-5-13)19-12-14(18)11-17-9-8-16-3-2-10-20-16/h2-3,10,13-15,17-18H,4-9,11-12H2,1H3. The summed E-state index contributed by atoms with van der Waals surface area (Å²) in [5.74, 6) is 0.846. The second-order valence-corrected chi connectivity index (χ2v) is 6.93. The van der Waals surface area contributed by atoms with Gasteiger partial charge in [0.1, 0.15) is 0 Å². The SMILES string of the molecule is CC1CCC(OCC(O)CNCCc2cccs2)CC1. The van der Waals surface area contributed by atoms with Gasteiger partial charge in [0.15, 0.2) is 0 Å². The first kappa shape index (κ1) is 16.0. The highest BCUT2D eigenvalue weighted by atomic mass is 32.1. The predicted molar refractivity (Wildman–Crippen MR) is 84.3 cm³/mol. The van der Waals surface area contributed by atoms with Crippen LogP contribution in [-0.4, -0.2) is 37.0 Å². The molecule has 1 saturated carbocycles. The van der Waals surface area contributed by atoms with E-state index in [1.807, 2.05) is 0 Å². The van der Waals surface area contributed by atoms with Crippen LogP contribution >= 0.6 is 11.3 Å². The largest absolute Gasteiger partial charge is 0.389 e. The Bertz CT molecular complexity index is 347. The van der Waals surface area contributed by atoms with Crippen LogP contribution in [0.4, 0.5) is 0 Å². The fourth-order valence-electron chi connectivity index (χ4n) is 2.64. The predicted octanol–water partition coefficient (Wildman–Crippen LogP) is 2.84. The summed E-state index contributed by atoms with van der Waals surface area (Å²) in [5, 5.41) is 15.3. The maximum Gasteiger partial charge on any atom is 0.0897 e. The molecule has 3 nitrogen and oxygen atoms in total. The zero-order chi connectivity index (χ0) is 14.2. The third-order valence-electron chi connectivity index (χ3n) is 4.00. The summed E-state index contributed by atoms with van der Waals surface area (Å²) in [6.45, 7) is 4.31. The van der Waals surface area contributed by atoms with Crippen molar-refractivity contribution in [2.24, 2.45) is 5.92 Å². The molecule has 1 atom stereocenters. The summed E-state index contributed by atoms with van der Waals surface area (Å²) in [7, 11) is 0. The highest BCUT2D eigenvalue weighted by Gasteiger charge is 2.19. The molecule has 2 rings (SSSR count). The van der Waals surface area contributed by atoms with Gasteiger partial charge in [-0.3, -0.25) is 0 Å². The number of hydrogen-bond acceptors (Lipinski definition) is 4. The quantitative estimate of drug-likeness (QED) is 0.725. The summed E-state index contributed by atoms with van der Waals surface area (Å²) in [4.78, 5) is 1.39. The van der Waals surface area contributed by atoms with Crippen molar-refractivity contribution in [1.29, 1.82) is 0 Å². The maximum absolute atomic E-state index is 9.90. The van der Waals surface area contributed by atoms with E-state index in [4.69, 9.17) is 4.74 Å². The van der Waals surface area contributed by atoms with Gasteiger partial charge < -0.3 is 15.2 Å². The third-order valence-corrected chi connectivity index (χ3v) is 4.93. The van der Waals surface area contributed by atoms with Gasteiger partial charge in [0, 0.05) is 18.0 Å². The molecule has 20 heavy (non-hydrogen) atoms. The molecule has 1 aromatic rings. The summed E-state index contributed by atoms with van der Waals surface area (Å²) in [6, 6.07) is 4.23. The van der Waals surface area contributed by atoms with Gasteiger partial charge in [-0.25, -0.2) is 0 Å². The number of rotatable bonds is 8. The number of ether oxygens (including phenoxy) is 1. The molecule has 4 heteroatoms. The monoisotopic (exact) mass is 297 g/mol. The van der Waals surface area contributed by atoms with Gasteiger partial charge in [0.25, 0.3) is 0 Å². The Balaban J connectivity index is 1.49. The molecule has 0 aliphatic heterocycles. The normalized spacial score (nSPS) is 24.7. The minimum atomic E-state index is -0.391. The maximum atomic E-state index is 9.90.